The molecule has 0 aliphatic heterocycles. The average molecular weight is 360 g/mol. The van der Waals surface area contributed by atoms with E-state index < -0.39 is 0 Å². The molecule has 24 heavy (non-hydrogen) atoms. The zero-order valence-electron chi connectivity index (χ0n) is 13.8. The summed E-state index contributed by atoms with van der Waals surface area (Å²) in [6.07, 6.45) is 6.23. The van der Waals surface area contributed by atoms with Gasteiger partial charge in [-0.15, -0.1) is 23.2 Å². The van der Waals surface area contributed by atoms with Crippen LogP contribution in [0.25, 0.3) is 5.57 Å². The van der Waals surface area contributed by atoms with Crippen molar-refractivity contribution in [3.63, 3.8) is 0 Å². The fourth-order valence-electron chi connectivity index (χ4n) is 2.75. The maximum Gasteiger partial charge on any atom is 0.0306 e. The Hall–Kier alpha value is -1.57. The van der Waals surface area contributed by atoms with Gasteiger partial charge in [-0.05, 0) is 47.6 Å². The third-order valence-corrected chi connectivity index (χ3v) is 4.57. The van der Waals surface area contributed by atoms with Crippen molar-refractivity contribution in [3.05, 3.63) is 84.2 Å². The van der Waals surface area contributed by atoms with Crippen LogP contribution in [0.4, 0.5) is 0 Å². The molecule has 3 heteroatoms. The minimum Gasteiger partial charge on any atom is -0.264 e. The highest BCUT2D eigenvalue weighted by atomic mass is 35.5. The van der Waals surface area contributed by atoms with Gasteiger partial charge in [-0.25, -0.2) is 0 Å². The molecule has 0 aliphatic rings. The summed E-state index contributed by atoms with van der Waals surface area (Å²) in [5, 5.41) is 0. The first-order valence-corrected chi connectivity index (χ1v) is 9.19. The Morgan fingerprint density at radius 3 is 2.29 bits per heavy atom. The van der Waals surface area contributed by atoms with Gasteiger partial charge >= 0.3 is 0 Å². The highest BCUT2D eigenvalue weighted by Crippen LogP contribution is 2.29. The third kappa shape index (κ3) is 5.22. The van der Waals surface area contributed by atoms with Gasteiger partial charge < -0.3 is 0 Å². The number of alkyl halides is 2. The minimum absolute atomic E-state index is 0.231. The number of benzene rings is 1. The van der Waals surface area contributed by atoms with Gasteiger partial charge in [-0.2, -0.15) is 0 Å². The van der Waals surface area contributed by atoms with Gasteiger partial charge in [0.1, 0.15) is 0 Å². The smallest absolute Gasteiger partial charge is 0.0306 e. The summed E-state index contributed by atoms with van der Waals surface area (Å²) in [5.41, 5.74) is 5.82. The molecule has 1 heterocycles. The lowest BCUT2D eigenvalue weighted by molar-refractivity contribution is 0.753. The normalized spacial score (nSPS) is 11.9. The second-order valence-electron chi connectivity index (χ2n) is 5.88. The number of nitrogens with zero attached hydrogens (tertiary/aromatic N) is 1. The zero-order chi connectivity index (χ0) is 17.4. The summed E-state index contributed by atoms with van der Waals surface area (Å²) in [5.74, 6) is 1.42. The van der Waals surface area contributed by atoms with E-state index in [4.69, 9.17) is 23.2 Å². The predicted octanol–water partition coefficient (Wildman–Crippen LogP) is 6.24. The first-order chi connectivity index (χ1) is 11.7. The summed E-state index contributed by atoms with van der Waals surface area (Å²) in [7, 11) is 0. The second-order valence-corrected chi connectivity index (χ2v) is 6.64. The van der Waals surface area contributed by atoms with Gasteiger partial charge in [0.25, 0.3) is 0 Å². The Labute approximate surface area is 155 Å². The van der Waals surface area contributed by atoms with Crippen molar-refractivity contribution in [3.8, 4) is 0 Å². The van der Waals surface area contributed by atoms with E-state index >= 15 is 0 Å². The Bertz CT molecular complexity index is 662. The van der Waals surface area contributed by atoms with Crippen molar-refractivity contribution in [1.29, 1.82) is 0 Å². The maximum atomic E-state index is 5.92. The van der Waals surface area contributed by atoms with Gasteiger partial charge in [-0.3, -0.25) is 4.98 Å². The number of hydrogen-bond donors (Lipinski definition) is 0. The lowest BCUT2D eigenvalue weighted by Gasteiger charge is -2.20. The topological polar surface area (TPSA) is 12.9 Å². The first kappa shape index (κ1) is 18.8. The van der Waals surface area contributed by atoms with E-state index in [0.717, 1.165) is 36.0 Å². The van der Waals surface area contributed by atoms with Crippen molar-refractivity contribution in [2.24, 2.45) is 0 Å². The SMILES string of the molecule is C=C(CCCl)c1ccc(CC(C(=C)CCCl)c2cccnc2)cc1. The van der Waals surface area contributed by atoms with Crippen molar-refractivity contribution in [1.82, 2.24) is 4.98 Å². The molecule has 0 aliphatic carbocycles. The van der Waals surface area contributed by atoms with Crippen molar-refractivity contribution in [2.75, 3.05) is 11.8 Å². The Kier molecular flexibility index (Phi) is 7.55. The molecule has 0 fully saturated rings. The molecule has 0 bridgehead atoms. The van der Waals surface area contributed by atoms with Crippen molar-refractivity contribution >= 4 is 28.8 Å². The van der Waals surface area contributed by atoms with Crippen LogP contribution in [0.15, 0.2) is 67.5 Å². The zero-order valence-corrected chi connectivity index (χ0v) is 15.4. The van der Waals surface area contributed by atoms with E-state index in [2.05, 4.69) is 48.5 Å². The van der Waals surface area contributed by atoms with Gasteiger partial charge in [0, 0.05) is 30.1 Å². The van der Waals surface area contributed by atoms with Gasteiger partial charge in [0.15, 0.2) is 0 Å². The maximum absolute atomic E-state index is 5.92. The van der Waals surface area contributed by atoms with E-state index in [-0.39, 0.29) is 5.92 Å². The molecule has 0 spiro atoms. The number of allylic oxidation sites excluding steroid dienone is 2. The van der Waals surface area contributed by atoms with E-state index in [1.165, 1.54) is 11.1 Å². The molecule has 1 atom stereocenters. The highest BCUT2D eigenvalue weighted by Gasteiger charge is 2.16. The van der Waals surface area contributed by atoms with Crippen LogP contribution in [-0.2, 0) is 6.42 Å². The molecule has 1 unspecified atom stereocenters. The fraction of sp³-hybridized carbons (Fsp3) is 0.286. The van der Waals surface area contributed by atoms with Crippen LogP contribution in [-0.4, -0.2) is 16.7 Å². The summed E-state index contributed by atoms with van der Waals surface area (Å²) in [6, 6.07) is 12.6. The lowest BCUT2D eigenvalue weighted by Crippen LogP contribution is -2.07. The van der Waals surface area contributed by atoms with Crippen LogP contribution in [0, 0.1) is 0 Å². The molecule has 1 aromatic heterocycles. The van der Waals surface area contributed by atoms with E-state index in [1.54, 1.807) is 6.20 Å². The van der Waals surface area contributed by atoms with Gasteiger partial charge in [0.05, 0.1) is 0 Å². The number of hydrogen-bond acceptors (Lipinski definition) is 1. The summed E-state index contributed by atoms with van der Waals surface area (Å²) < 4.78 is 0. The molecule has 0 saturated heterocycles. The quantitative estimate of drug-likeness (QED) is 0.381. The number of halogens is 2. The summed E-state index contributed by atoms with van der Waals surface area (Å²) >= 11 is 11.7. The molecule has 1 aromatic carbocycles. The minimum atomic E-state index is 0.231. The molecular weight excluding hydrogens is 337 g/mol. The van der Waals surface area contributed by atoms with E-state index in [1.807, 2.05) is 12.3 Å². The Balaban J connectivity index is 2.17. The largest absolute Gasteiger partial charge is 0.264 e. The molecule has 0 amide bonds. The van der Waals surface area contributed by atoms with Gasteiger partial charge in [-0.1, -0.05) is 49.1 Å². The first-order valence-electron chi connectivity index (χ1n) is 8.12. The molecular formula is C21H23Cl2N. The predicted molar refractivity (Wildman–Crippen MR) is 106 cm³/mol. The number of pyridine rings is 1. The molecule has 1 nitrogen and oxygen atoms in total. The van der Waals surface area contributed by atoms with Crippen LogP contribution in [0.5, 0.6) is 0 Å². The monoisotopic (exact) mass is 359 g/mol. The van der Waals surface area contributed by atoms with Crippen LogP contribution in [0.2, 0.25) is 0 Å². The van der Waals surface area contributed by atoms with Crippen LogP contribution >= 0.6 is 23.2 Å². The van der Waals surface area contributed by atoms with Gasteiger partial charge in [0.2, 0.25) is 0 Å². The van der Waals surface area contributed by atoms with Crippen LogP contribution in [0.1, 0.15) is 35.4 Å². The second kappa shape index (κ2) is 9.66. The molecule has 2 rings (SSSR count). The van der Waals surface area contributed by atoms with Crippen molar-refractivity contribution < 1.29 is 0 Å². The highest BCUT2D eigenvalue weighted by molar-refractivity contribution is 6.18. The van der Waals surface area contributed by atoms with E-state index in [9.17, 15) is 0 Å². The molecule has 126 valence electrons. The Morgan fingerprint density at radius 2 is 1.71 bits per heavy atom. The summed E-state index contributed by atoms with van der Waals surface area (Å²) in [6.45, 7) is 8.33. The van der Waals surface area contributed by atoms with E-state index in [0.29, 0.717) is 11.8 Å². The molecule has 2 aromatic rings. The lowest BCUT2D eigenvalue weighted by atomic mass is 9.85. The summed E-state index contributed by atoms with van der Waals surface area (Å²) in [4.78, 5) is 4.25. The average Bonchev–Trinajstić information content (AvgIpc) is 2.61. The third-order valence-electron chi connectivity index (χ3n) is 4.19. The fourth-order valence-corrected chi connectivity index (χ4v) is 3.22. The standard InChI is InChI=1S/C21H23Cl2N/c1-16(9-11-22)19-7-5-18(6-8-19)14-21(17(2)10-12-23)20-4-3-13-24-15-20/h3-8,13,15,21H,1-2,9-12,14H2. The van der Waals surface area contributed by atoms with Crippen LogP contribution in [0.3, 0.4) is 0 Å². The molecule has 0 N–H and O–H groups in total. The Morgan fingerprint density at radius 1 is 1.00 bits per heavy atom. The van der Waals surface area contributed by atoms with Crippen LogP contribution < -0.4 is 0 Å². The van der Waals surface area contributed by atoms with Crippen molar-refractivity contribution in [2.45, 2.75) is 25.2 Å². The molecule has 0 radical (unpaired) electrons. The molecule has 0 saturated carbocycles. The number of aromatic nitrogens is 1. The number of rotatable bonds is 9.